The van der Waals surface area contributed by atoms with Gasteiger partial charge < -0.3 is 9.32 Å². The predicted molar refractivity (Wildman–Crippen MR) is 266 cm³/mol. The van der Waals surface area contributed by atoms with E-state index in [0.29, 0.717) is 0 Å². The van der Waals surface area contributed by atoms with Crippen LogP contribution >= 0.6 is 0 Å². The lowest BCUT2D eigenvalue weighted by atomic mass is 9.67. The molecular weight excluding hydrogens is 775 g/mol. The van der Waals surface area contributed by atoms with Crippen LogP contribution in [-0.4, -0.2) is 0 Å². The van der Waals surface area contributed by atoms with Crippen LogP contribution in [0.15, 0.2) is 229 Å². The minimum Gasteiger partial charge on any atom is -0.455 e. The number of fused-ring (bicyclic) bond motifs is 10. The van der Waals surface area contributed by atoms with Gasteiger partial charge in [-0.3, -0.25) is 0 Å². The highest BCUT2D eigenvalue weighted by Crippen LogP contribution is 2.58. The van der Waals surface area contributed by atoms with Crippen molar-refractivity contribution in [2.45, 2.75) is 24.7 Å². The topological polar surface area (TPSA) is 16.4 Å². The van der Waals surface area contributed by atoms with Crippen LogP contribution in [0.25, 0.3) is 66.1 Å². The number of rotatable bonds is 6. The maximum atomic E-state index is 7.10. The summed E-state index contributed by atoms with van der Waals surface area (Å²) in [6.45, 7) is 4.74. The van der Waals surface area contributed by atoms with Crippen molar-refractivity contribution >= 4 is 49.8 Å². The van der Waals surface area contributed by atoms with Gasteiger partial charge in [0, 0.05) is 27.7 Å². The molecule has 2 aliphatic carbocycles. The largest absolute Gasteiger partial charge is 0.455 e. The SMILES string of the molecule is CC1(C)c2ccccc2-c2ccc(N(c3ccc4c(c3)C(c3ccccc3)(c3ccccc3)c3ccccc3-4)c3ccc(-c4ccccc4)c4oc5cc6ccccc6cc5c34)cc21. The van der Waals surface area contributed by atoms with E-state index >= 15 is 0 Å². The van der Waals surface area contributed by atoms with Crippen LogP contribution in [0.5, 0.6) is 0 Å². The Morgan fingerprint density at radius 1 is 0.391 bits per heavy atom. The molecule has 0 fully saturated rings. The Labute approximate surface area is 373 Å². The fraction of sp³-hybridized carbons (Fsp3) is 0.0645. The lowest BCUT2D eigenvalue weighted by Gasteiger charge is -2.35. The van der Waals surface area contributed by atoms with Gasteiger partial charge in [0.05, 0.1) is 16.5 Å². The van der Waals surface area contributed by atoms with Crippen LogP contribution in [-0.2, 0) is 10.8 Å². The van der Waals surface area contributed by atoms with E-state index < -0.39 is 5.41 Å². The molecule has 0 radical (unpaired) electrons. The second-order valence-corrected chi connectivity index (χ2v) is 18.0. The molecule has 0 unspecified atom stereocenters. The maximum Gasteiger partial charge on any atom is 0.145 e. The second-order valence-electron chi connectivity index (χ2n) is 18.0. The van der Waals surface area contributed by atoms with Crippen molar-refractivity contribution in [1.82, 2.24) is 0 Å². The van der Waals surface area contributed by atoms with Crippen molar-refractivity contribution in [3.8, 4) is 33.4 Å². The van der Waals surface area contributed by atoms with Crippen molar-refractivity contribution < 1.29 is 4.42 Å². The summed E-state index contributed by atoms with van der Waals surface area (Å²) in [5, 5.41) is 4.52. The van der Waals surface area contributed by atoms with Crippen molar-refractivity contribution in [2.75, 3.05) is 4.90 Å². The third-order valence-electron chi connectivity index (χ3n) is 14.3. The van der Waals surface area contributed by atoms with Crippen molar-refractivity contribution in [2.24, 2.45) is 0 Å². The standard InChI is InChI=1S/C62H43NO/c1-61(2)53-28-16-14-26-48(53)50-32-30-45(38-55(50)61)63(57-35-34-47(40-18-6-3-7-19-40)60-59(57)52-36-41-20-12-13-21-42(41)37-58(52)64-60)46-31-33-51-49-27-15-17-29-54(49)62(56(51)39-46,43-22-8-4-9-23-43)44-24-10-5-11-25-44/h3-39H,1-2H3. The van der Waals surface area contributed by atoms with E-state index in [4.69, 9.17) is 4.42 Å². The molecule has 2 heteroatoms. The molecule has 0 amide bonds. The summed E-state index contributed by atoms with van der Waals surface area (Å²) in [6, 6.07) is 82.8. The van der Waals surface area contributed by atoms with Crippen LogP contribution in [0.1, 0.15) is 47.2 Å². The van der Waals surface area contributed by atoms with Gasteiger partial charge in [-0.15, -0.1) is 0 Å². The lowest BCUT2D eigenvalue weighted by Crippen LogP contribution is -2.28. The van der Waals surface area contributed by atoms with E-state index in [-0.39, 0.29) is 5.41 Å². The first-order valence-corrected chi connectivity index (χ1v) is 22.3. The molecule has 1 aromatic heterocycles. The summed E-state index contributed by atoms with van der Waals surface area (Å²) < 4.78 is 7.10. The Bertz CT molecular complexity index is 3600. The fourth-order valence-electron chi connectivity index (χ4n) is 11.4. The van der Waals surface area contributed by atoms with E-state index in [1.54, 1.807) is 0 Å². The summed E-state index contributed by atoms with van der Waals surface area (Å²) >= 11 is 0. The molecule has 0 aliphatic heterocycles. The Balaban J connectivity index is 1.14. The molecule has 0 atom stereocenters. The highest BCUT2D eigenvalue weighted by atomic mass is 16.3. The van der Waals surface area contributed by atoms with E-state index in [1.165, 1.54) is 61.0 Å². The third-order valence-corrected chi connectivity index (χ3v) is 14.3. The minimum atomic E-state index is -0.550. The van der Waals surface area contributed by atoms with Crippen molar-refractivity contribution in [3.05, 3.63) is 258 Å². The number of hydrogen-bond acceptors (Lipinski definition) is 2. The third kappa shape index (κ3) is 5.14. The van der Waals surface area contributed by atoms with E-state index in [0.717, 1.165) is 55.5 Å². The highest BCUT2D eigenvalue weighted by molar-refractivity contribution is 6.19. The lowest BCUT2D eigenvalue weighted by molar-refractivity contribution is 0.660. The quantitative estimate of drug-likeness (QED) is 0.166. The Kier molecular flexibility index (Phi) is 7.90. The molecule has 0 saturated carbocycles. The Morgan fingerprint density at radius 3 is 1.56 bits per heavy atom. The molecule has 13 rings (SSSR count). The Morgan fingerprint density at radius 2 is 0.891 bits per heavy atom. The van der Waals surface area contributed by atoms with Crippen LogP contribution in [0, 0.1) is 0 Å². The molecule has 0 spiro atoms. The number of benzene rings is 10. The number of hydrogen-bond donors (Lipinski definition) is 0. The molecule has 11 aromatic rings. The zero-order valence-corrected chi connectivity index (χ0v) is 35.7. The molecule has 0 bridgehead atoms. The van der Waals surface area contributed by atoms with Crippen molar-refractivity contribution in [3.63, 3.8) is 0 Å². The van der Waals surface area contributed by atoms with Gasteiger partial charge in [0.1, 0.15) is 11.2 Å². The molecule has 1 heterocycles. The number of nitrogens with zero attached hydrogens (tertiary/aromatic N) is 1. The maximum absolute atomic E-state index is 7.10. The summed E-state index contributed by atoms with van der Waals surface area (Å²) in [5.74, 6) is 0. The van der Waals surface area contributed by atoms with Gasteiger partial charge in [-0.1, -0.05) is 190 Å². The van der Waals surface area contributed by atoms with E-state index in [1.807, 2.05) is 0 Å². The summed E-state index contributed by atoms with van der Waals surface area (Å²) in [5.41, 5.74) is 19.3. The van der Waals surface area contributed by atoms with E-state index in [2.05, 4.69) is 243 Å². The molecule has 64 heavy (non-hydrogen) atoms. The van der Waals surface area contributed by atoms with E-state index in [9.17, 15) is 0 Å². The molecular formula is C62H43NO. The first-order chi connectivity index (χ1) is 31.5. The zero-order valence-electron chi connectivity index (χ0n) is 35.7. The van der Waals surface area contributed by atoms with Gasteiger partial charge in [0.25, 0.3) is 0 Å². The Hall–Kier alpha value is -7.94. The summed E-state index contributed by atoms with van der Waals surface area (Å²) in [6.07, 6.45) is 0. The molecule has 302 valence electrons. The van der Waals surface area contributed by atoms with Gasteiger partial charge in [-0.2, -0.15) is 0 Å². The van der Waals surface area contributed by atoms with Crippen LogP contribution in [0.3, 0.4) is 0 Å². The minimum absolute atomic E-state index is 0.184. The second kappa shape index (κ2) is 13.8. The fourth-order valence-corrected chi connectivity index (χ4v) is 11.4. The number of furan rings is 1. The average molecular weight is 818 g/mol. The summed E-state index contributed by atoms with van der Waals surface area (Å²) in [4.78, 5) is 2.50. The van der Waals surface area contributed by atoms with Gasteiger partial charge in [0.2, 0.25) is 0 Å². The monoisotopic (exact) mass is 817 g/mol. The van der Waals surface area contributed by atoms with Gasteiger partial charge in [-0.25, -0.2) is 0 Å². The molecule has 0 N–H and O–H groups in total. The summed E-state index contributed by atoms with van der Waals surface area (Å²) in [7, 11) is 0. The van der Waals surface area contributed by atoms with Crippen molar-refractivity contribution in [1.29, 1.82) is 0 Å². The highest BCUT2D eigenvalue weighted by Gasteiger charge is 2.46. The van der Waals surface area contributed by atoms with Gasteiger partial charge in [-0.05, 0) is 121 Å². The van der Waals surface area contributed by atoms with Gasteiger partial charge >= 0.3 is 0 Å². The zero-order chi connectivity index (χ0) is 42.6. The van der Waals surface area contributed by atoms with Crippen LogP contribution < -0.4 is 4.90 Å². The van der Waals surface area contributed by atoms with Crippen LogP contribution in [0.2, 0.25) is 0 Å². The molecule has 2 nitrogen and oxygen atoms in total. The molecule has 2 aliphatic rings. The molecule has 10 aromatic carbocycles. The average Bonchev–Trinajstić information content (AvgIpc) is 3.95. The predicted octanol–water partition coefficient (Wildman–Crippen LogP) is 16.5. The number of anilines is 3. The first-order valence-electron chi connectivity index (χ1n) is 22.3. The first kappa shape index (κ1) is 36.7. The smallest absolute Gasteiger partial charge is 0.145 e. The van der Waals surface area contributed by atoms with Crippen LogP contribution in [0.4, 0.5) is 17.1 Å². The van der Waals surface area contributed by atoms with Gasteiger partial charge in [0.15, 0.2) is 0 Å². The normalized spacial score (nSPS) is 14.0. The molecule has 0 saturated heterocycles.